The molecule has 0 radical (unpaired) electrons. The summed E-state index contributed by atoms with van der Waals surface area (Å²) in [7, 11) is 0. The van der Waals surface area contributed by atoms with Crippen LogP contribution < -0.4 is 20.6 Å². The summed E-state index contributed by atoms with van der Waals surface area (Å²) >= 11 is 11.2. The Labute approximate surface area is 173 Å². The van der Waals surface area contributed by atoms with Crippen molar-refractivity contribution in [3.05, 3.63) is 94.8 Å². The highest BCUT2D eigenvalue weighted by molar-refractivity contribution is 7.80. The Morgan fingerprint density at radius 2 is 1.79 bits per heavy atom. The monoisotopic (exact) mass is 414 g/mol. The van der Waals surface area contributed by atoms with E-state index in [1.165, 1.54) is 6.07 Å². The van der Waals surface area contributed by atoms with Crippen LogP contribution in [0.3, 0.4) is 0 Å². The number of hydrogen-bond acceptors (Lipinski definition) is 2. The number of hydrazone groups is 1. The van der Waals surface area contributed by atoms with Crippen molar-refractivity contribution in [1.29, 1.82) is 0 Å². The summed E-state index contributed by atoms with van der Waals surface area (Å²) in [6.07, 6.45) is 1.76. The highest BCUT2D eigenvalue weighted by Gasteiger charge is 2.07. The van der Waals surface area contributed by atoms with Crippen LogP contribution >= 0.6 is 23.8 Å². The number of nitrogens with one attached hydrogen (secondary N) is 3. The van der Waals surface area contributed by atoms with Gasteiger partial charge in [-0.1, -0.05) is 35.9 Å². The van der Waals surface area contributed by atoms with Gasteiger partial charge in [-0.05, 0) is 60.7 Å². The van der Waals surface area contributed by atoms with E-state index in [0.717, 1.165) is 11.3 Å². The van der Waals surface area contributed by atoms with Crippen LogP contribution in [0.4, 0.5) is 10.1 Å². The fourth-order valence-electron chi connectivity index (χ4n) is 2.35. The first-order valence-electron chi connectivity index (χ1n) is 8.48. The third-order valence-electron chi connectivity index (χ3n) is 3.78. The molecule has 0 heterocycles. The summed E-state index contributed by atoms with van der Waals surface area (Å²) in [4.78, 5) is 0. The molecule has 142 valence electrons. The van der Waals surface area contributed by atoms with E-state index in [1.807, 2.05) is 42.5 Å². The first-order chi connectivity index (χ1) is 13.6. The standard InChI is InChI=1S/C21H17ClFN3OS/c22-19-7-4-8-20(23)18(19)14-27-17-11-9-15(10-12-17)13-24-26-21(28)25-16-5-2-1-3-6-16/h1-13H,14H2,(H2,25,26,28)/p+1. The first-order valence-corrected chi connectivity index (χ1v) is 9.27. The predicted octanol–water partition coefficient (Wildman–Crippen LogP) is 3.46. The van der Waals surface area contributed by atoms with E-state index in [2.05, 4.69) is 15.8 Å². The molecule has 0 saturated carbocycles. The molecule has 0 bridgehead atoms. The molecule has 4 nitrogen and oxygen atoms in total. The number of benzene rings is 3. The summed E-state index contributed by atoms with van der Waals surface area (Å²) in [5.74, 6) is 0.235. The lowest BCUT2D eigenvalue weighted by molar-refractivity contribution is -0.499. The minimum absolute atomic E-state index is 0.0633. The smallest absolute Gasteiger partial charge is 0.228 e. The Kier molecular flexibility index (Phi) is 6.94. The van der Waals surface area contributed by atoms with Gasteiger partial charge >= 0.3 is 0 Å². The van der Waals surface area contributed by atoms with Crippen LogP contribution in [0.15, 0.2) is 72.8 Å². The highest BCUT2D eigenvalue weighted by Crippen LogP contribution is 2.21. The SMILES string of the molecule is Fc1cccc(Cl)c1COc1ccc(C=[NH+]NC(=S)Nc2ccccc2)cc1. The lowest BCUT2D eigenvalue weighted by atomic mass is 10.2. The van der Waals surface area contributed by atoms with Crippen molar-refractivity contribution >= 4 is 40.8 Å². The molecule has 28 heavy (non-hydrogen) atoms. The van der Waals surface area contributed by atoms with Gasteiger partial charge in [-0.2, -0.15) is 0 Å². The summed E-state index contributed by atoms with van der Waals surface area (Å²) in [5, 5.41) is 6.78. The third kappa shape index (κ3) is 5.77. The Morgan fingerprint density at radius 1 is 1.04 bits per heavy atom. The Hall–Kier alpha value is -2.96. The number of anilines is 1. The van der Waals surface area contributed by atoms with Gasteiger partial charge in [-0.3, -0.25) is 0 Å². The number of halogens is 2. The van der Waals surface area contributed by atoms with E-state index in [-0.39, 0.29) is 12.4 Å². The second kappa shape index (κ2) is 9.82. The van der Waals surface area contributed by atoms with Crippen LogP contribution in [0.1, 0.15) is 11.1 Å². The number of para-hydroxylation sites is 1. The molecule has 3 N–H and O–H groups in total. The predicted molar refractivity (Wildman–Crippen MR) is 114 cm³/mol. The molecule has 0 aliphatic carbocycles. The summed E-state index contributed by atoms with van der Waals surface area (Å²) < 4.78 is 19.4. The van der Waals surface area contributed by atoms with Crippen molar-refractivity contribution in [2.75, 3.05) is 5.32 Å². The fourth-order valence-corrected chi connectivity index (χ4v) is 2.75. The number of hydrazine groups is 1. The Morgan fingerprint density at radius 3 is 2.50 bits per heavy atom. The average molecular weight is 415 g/mol. The van der Waals surface area contributed by atoms with Crippen molar-refractivity contribution < 1.29 is 14.2 Å². The Balaban J connectivity index is 1.50. The second-order valence-corrected chi connectivity index (χ2v) is 6.61. The van der Waals surface area contributed by atoms with Gasteiger partial charge in [0.15, 0.2) is 6.21 Å². The quantitative estimate of drug-likeness (QED) is 0.328. The van der Waals surface area contributed by atoms with E-state index in [9.17, 15) is 4.39 Å². The molecule has 3 rings (SSSR count). The topological polar surface area (TPSA) is 47.3 Å². The van der Waals surface area contributed by atoms with E-state index in [4.69, 9.17) is 28.6 Å². The third-order valence-corrected chi connectivity index (χ3v) is 4.34. The second-order valence-electron chi connectivity index (χ2n) is 5.79. The molecule has 7 heteroatoms. The molecule has 0 aliphatic heterocycles. The van der Waals surface area contributed by atoms with Crippen LogP contribution in [0.5, 0.6) is 5.75 Å². The van der Waals surface area contributed by atoms with Crippen LogP contribution in [-0.2, 0) is 6.61 Å². The van der Waals surface area contributed by atoms with E-state index in [1.54, 1.807) is 30.5 Å². The zero-order chi connectivity index (χ0) is 19.8. The van der Waals surface area contributed by atoms with E-state index in [0.29, 0.717) is 21.4 Å². The zero-order valence-electron chi connectivity index (χ0n) is 14.8. The fraction of sp³-hybridized carbons (Fsp3) is 0.0476. The maximum absolute atomic E-state index is 13.8. The van der Waals surface area contributed by atoms with Crippen LogP contribution in [0.2, 0.25) is 5.02 Å². The Bertz CT molecular complexity index is 945. The summed E-state index contributed by atoms with van der Waals surface area (Å²) in [6.45, 7) is 0.0633. The number of rotatable bonds is 6. The number of thiocarbonyl (C=S) groups is 1. The van der Waals surface area contributed by atoms with Crippen LogP contribution in [-0.4, -0.2) is 11.3 Å². The summed E-state index contributed by atoms with van der Waals surface area (Å²) in [6, 6.07) is 21.5. The first kappa shape index (κ1) is 19.8. The van der Waals surface area contributed by atoms with Gasteiger partial charge in [-0.15, -0.1) is 10.5 Å². The van der Waals surface area contributed by atoms with Gasteiger partial charge in [0.05, 0.1) is 5.02 Å². The largest absolute Gasteiger partial charge is 0.489 e. The van der Waals surface area contributed by atoms with Crippen molar-refractivity contribution in [3.63, 3.8) is 0 Å². The molecular formula is C21H18ClFN3OS+. The highest BCUT2D eigenvalue weighted by atomic mass is 35.5. The maximum Gasteiger partial charge on any atom is 0.228 e. The lowest BCUT2D eigenvalue weighted by Crippen LogP contribution is -2.82. The molecule has 0 saturated heterocycles. The van der Waals surface area contributed by atoms with Crippen molar-refractivity contribution in [1.82, 2.24) is 5.43 Å². The lowest BCUT2D eigenvalue weighted by Gasteiger charge is -2.08. The van der Waals surface area contributed by atoms with E-state index >= 15 is 0 Å². The number of ether oxygens (including phenoxy) is 1. The van der Waals surface area contributed by atoms with Gasteiger partial charge in [0.25, 0.3) is 0 Å². The zero-order valence-corrected chi connectivity index (χ0v) is 16.4. The van der Waals surface area contributed by atoms with Gasteiger partial charge in [0.2, 0.25) is 5.11 Å². The van der Waals surface area contributed by atoms with Gasteiger partial charge in [-0.25, -0.2) is 4.39 Å². The molecule has 0 aliphatic rings. The van der Waals surface area contributed by atoms with Gasteiger partial charge in [0.1, 0.15) is 18.2 Å². The molecule has 0 unspecified atom stereocenters. The molecule has 0 atom stereocenters. The van der Waals surface area contributed by atoms with Crippen molar-refractivity contribution in [2.24, 2.45) is 0 Å². The number of hydrogen-bond donors (Lipinski definition) is 3. The molecule has 0 aromatic heterocycles. The molecule has 0 spiro atoms. The van der Waals surface area contributed by atoms with Gasteiger partial charge in [0, 0.05) is 16.8 Å². The summed E-state index contributed by atoms with van der Waals surface area (Å²) in [5.41, 5.74) is 5.03. The normalized spacial score (nSPS) is 10.6. The molecule has 3 aromatic carbocycles. The van der Waals surface area contributed by atoms with Crippen LogP contribution in [0.25, 0.3) is 0 Å². The van der Waals surface area contributed by atoms with Crippen molar-refractivity contribution in [3.8, 4) is 5.75 Å². The maximum atomic E-state index is 13.8. The molecule has 3 aromatic rings. The van der Waals surface area contributed by atoms with Crippen LogP contribution in [0, 0.1) is 5.82 Å². The minimum atomic E-state index is -0.382. The average Bonchev–Trinajstić information content (AvgIpc) is 2.69. The minimum Gasteiger partial charge on any atom is -0.489 e. The van der Waals surface area contributed by atoms with E-state index < -0.39 is 0 Å². The van der Waals surface area contributed by atoms with Gasteiger partial charge < -0.3 is 10.1 Å². The molecule has 0 amide bonds. The molecular weight excluding hydrogens is 397 g/mol. The molecule has 0 fully saturated rings. The van der Waals surface area contributed by atoms with Crippen molar-refractivity contribution in [2.45, 2.75) is 6.61 Å².